The quantitative estimate of drug-likeness (QED) is 0.220. The molecule has 32 heavy (non-hydrogen) atoms. The van der Waals surface area contributed by atoms with Crippen LogP contribution >= 0.6 is 0 Å². The normalized spacial score (nSPS) is 11.4. The summed E-state index contributed by atoms with van der Waals surface area (Å²) in [6.07, 6.45) is 1.91. The second-order valence-corrected chi connectivity index (χ2v) is 7.77. The lowest BCUT2D eigenvalue weighted by Gasteiger charge is -2.08. The minimum Gasteiger partial charge on any atom is -0.489 e. The van der Waals surface area contributed by atoms with Gasteiger partial charge in [-0.15, -0.1) is 0 Å². The van der Waals surface area contributed by atoms with Crippen molar-refractivity contribution >= 4 is 33.2 Å². The van der Waals surface area contributed by atoms with E-state index in [1.165, 1.54) is 16.2 Å². The van der Waals surface area contributed by atoms with Crippen molar-refractivity contribution in [2.45, 2.75) is 6.61 Å². The predicted octanol–water partition coefficient (Wildman–Crippen LogP) is 7.64. The zero-order chi connectivity index (χ0) is 21.8. The maximum absolute atomic E-state index is 9.71. The Bertz CT molecular complexity index is 1470. The van der Waals surface area contributed by atoms with Gasteiger partial charge in [0.2, 0.25) is 0 Å². The molecule has 0 saturated heterocycles. The average molecular weight is 412 g/mol. The minimum absolute atomic E-state index is 0.514. The number of hydrogen-bond donors (Lipinski definition) is 0. The van der Waals surface area contributed by atoms with Crippen molar-refractivity contribution in [3.05, 3.63) is 126 Å². The predicted molar refractivity (Wildman–Crippen MR) is 132 cm³/mol. The maximum Gasteiger partial charge on any atom is 0.119 e. The molecule has 2 nitrogen and oxygen atoms in total. The molecule has 0 N–H and O–H groups in total. The molecule has 5 aromatic carbocycles. The smallest absolute Gasteiger partial charge is 0.119 e. The Balaban J connectivity index is 1.31. The first-order chi connectivity index (χ1) is 15.8. The fraction of sp³-hybridized carbons (Fsp3) is 0.0333. The van der Waals surface area contributed by atoms with Crippen molar-refractivity contribution in [3.8, 4) is 11.8 Å². The van der Waals surface area contributed by atoms with E-state index < -0.39 is 0 Å². The number of rotatable bonds is 5. The first-order valence-corrected chi connectivity index (χ1v) is 10.6. The molecule has 0 bridgehead atoms. The summed E-state index contributed by atoms with van der Waals surface area (Å²) in [7, 11) is 0. The molecule has 0 atom stereocenters. The van der Waals surface area contributed by atoms with Crippen molar-refractivity contribution in [1.29, 1.82) is 5.26 Å². The molecule has 0 spiro atoms. The fourth-order valence-corrected chi connectivity index (χ4v) is 3.86. The number of hydrogen-bond acceptors (Lipinski definition) is 2. The van der Waals surface area contributed by atoms with Gasteiger partial charge >= 0.3 is 0 Å². The van der Waals surface area contributed by atoms with Crippen LogP contribution in [-0.2, 0) is 6.61 Å². The molecule has 0 unspecified atom stereocenters. The number of ether oxygens (including phenoxy) is 1. The van der Waals surface area contributed by atoms with E-state index in [1.807, 2.05) is 60.7 Å². The van der Waals surface area contributed by atoms with Gasteiger partial charge in [-0.25, -0.2) is 0 Å². The van der Waals surface area contributed by atoms with E-state index in [0.717, 1.165) is 27.8 Å². The molecule has 0 amide bonds. The third-order valence-electron chi connectivity index (χ3n) is 5.59. The van der Waals surface area contributed by atoms with Gasteiger partial charge in [-0.3, -0.25) is 0 Å². The highest BCUT2D eigenvalue weighted by atomic mass is 16.5. The van der Waals surface area contributed by atoms with Crippen LogP contribution in [-0.4, -0.2) is 0 Å². The molecule has 0 fully saturated rings. The van der Waals surface area contributed by atoms with Crippen molar-refractivity contribution in [1.82, 2.24) is 0 Å². The Kier molecular flexibility index (Phi) is 5.39. The highest BCUT2D eigenvalue weighted by Crippen LogP contribution is 2.24. The van der Waals surface area contributed by atoms with Crippen LogP contribution in [0.2, 0.25) is 0 Å². The lowest BCUT2D eigenvalue weighted by molar-refractivity contribution is 0.306. The van der Waals surface area contributed by atoms with E-state index in [2.05, 4.69) is 60.7 Å². The van der Waals surface area contributed by atoms with Crippen LogP contribution in [0.15, 0.2) is 109 Å². The minimum atomic E-state index is 0.514. The molecular weight excluding hydrogens is 390 g/mol. The van der Waals surface area contributed by atoms with Crippen LogP contribution in [0.25, 0.3) is 33.2 Å². The van der Waals surface area contributed by atoms with Gasteiger partial charge in [-0.1, -0.05) is 84.9 Å². The summed E-state index contributed by atoms with van der Waals surface area (Å²) in [6.45, 7) is 0.514. The second kappa shape index (κ2) is 8.79. The molecule has 0 heterocycles. The van der Waals surface area contributed by atoms with Crippen LogP contribution < -0.4 is 4.74 Å². The molecule has 152 valence electrons. The van der Waals surface area contributed by atoms with Gasteiger partial charge in [0, 0.05) is 0 Å². The molecule has 5 rings (SSSR count). The van der Waals surface area contributed by atoms with E-state index in [0.29, 0.717) is 12.2 Å². The SMILES string of the molecule is N#C/C(=C/c1ccc(OCc2ccc3ccccc3c2)cc1)c1ccc2ccccc2c1. The second-order valence-electron chi connectivity index (χ2n) is 7.77. The fourth-order valence-electron chi connectivity index (χ4n) is 3.86. The highest BCUT2D eigenvalue weighted by Gasteiger charge is 2.04. The van der Waals surface area contributed by atoms with Gasteiger partial charge in [-0.2, -0.15) is 5.26 Å². The Hall–Kier alpha value is -4.35. The monoisotopic (exact) mass is 411 g/mol. The third kappa shape index (κ3) is 4.24. The van der Waals surface area contributed by atoms with Gasteiger partial charge in [-0.05, 0) is 68.6 Å². The molecule has 0 aromatic heterocycles. The summed E-state index contributed by atoms with van der Waals surface area (Å²) >= 11 is 0. The summed E-state index contributed by atoms with van der Waals surface area (Å²) in [5.41, 5.74) is 3.66. The lowest BCUT2D eigenvalue weighted by Crippen LogP contribution is -1.95. The topological polar surface area (TPSA) is 33.0 Å². The summed E-state index contributed by atoms with van der Waals surface area (Å²) < 4.78 is 5.97. The average Bonchev–Trinajstić information content (AvgIpc) is 2.86. The summed E-state index contributed by atoms with van der Waals surface area (Å²) in [6, 6.07) is 39.2. The molecule has 0 saturated carbocycles. The number of fused-ring (bicyclic) bond motifs is 2. The van der Waals surface area contributed by atoms with Crippen molar-refractivity contribution in [3.63, 3.8) is 0 Å². The molecule has 5 aromatic rings. The van der Waals surface area contributed by atoms with Gasteiger partial charge in [0.05, 0.1) is 11.6 Å². The zero-order valence-corrected chi connectivity index (χ0v) is 17.5. The molecule has 0 radical (unpaired) electrons. The van der Waals surface area contributed by atoms with Gasteiger partial charge in [0.25, 0.3) is 0 Å². The molecule has 0 aliphatic carbocycles. The molecule has 2 heteroatoms. The van der Waals surface area contributed by atoms with E-state index in [4.69, 9.17) is 4.74 Å². The number of nitrogens with zero attached hydrogens (tertiary/aromatic N) is 1. The third-order valence-corrected chi connectivity index (χ3v) is 5.59. The van der Waals surface area contributed by atoms with Crippen molar-refractivity contribution in [2.24, 2.45) is 0 Å². The maximum atomic E-state index is 9.71. The highest BCUT2D eigenvalue weighted by molar-refractivity contribution is 5.94. The van der Waals surface area contributed by atoms with Crippen molar-refractivity contribution < 1.29 is 4.74 Å². The van der Waals surface area contributed by atoms with Crippen LogP contribution in [0.3, 0.4) is 0 Å². The lowest BCUT2D eigenvalue weighted by atomic mass is 10.0. The molecule has 0 aliphatic heterocycles. The molecular formula is C30H21NO. The van der Waals surface area contributed by atoms with Gasteiger partial charge < -0.3 is 4.74 Å². The first kappa shape index (κ1) is 19.6. The Labute approximate surface area is 187 Å². The Morgan fingerprint density at radius 2 is 1.31 bits per heavy atom. The Morgan fingerprint density at radius 3 is 2.00 bits per heavy atom. The summed E-state index contributed by atoms with van der Waals surface area (Å²) in [5, 5.41) is 14.4. The van der Waals surface area contributed by atoms with E-state index in [-0.39, 0.29) is 0 Å². The van der Waals surface area contributed by atoms with Crippen molar-refractivity contribution in [2.75, 3.05) is 0 Å². The molecule has 0 aliphatic rings. The summed E-state index contributed by atoms with van der Waals surface area (Å²) in [5.74, 6) is 0.805. The van der Waals surface area contributed by atoms with Crippen LogP contribution in [0.1, 0.15) is 16.7 Å². The van der Waals surface area contributed by atoms with E-state index in [9.17, 15) is 5.26 Å². The van der Waals surface area contributed by atoms with Crippen LogP contribution in [0.4, 0.5) is 0 Å². The van der Waals surface area contributed by atoms with E-state index in [1.54, 1.807) is 0 Å². The van der Waals surface area contributed by atoms with Gasteiger partial charge in [0.1, 0.15) is 12.4 Å². The number of allylic oxidation sites excluding steroid dienone is 1. The largest absolute Gasteiger partial charge is 0.489 e. The zero-order valence-electron chi connectivity index (χ0n) is 17.5. The number of nitriles is 1. The van der Waals surface area contributed by atoms with Crippen LogP contribution in [0, 0.1) is 11.3 Å². The Morgan fingerprint density at radius 1 is 0.688 bits per heavy atom. The number of benzene rings is 5. The standard InChI is InChI=1S/C30H21NO/c31-20-29(28-14-13-25-6-2-4-8-27(25)19-28)17-22-10-15-30(16-11-22)32-21-23-9-12-24-5-1-3-7-26(24)18-23/h1-19H,21H2/b29-17-. The summed E-state index contributed by atoms with van der Waals surface area (Å²) in [4.78, 5) is 0. The van der Waals surface area contributed by atoms with Gasteiger partial charge in [0.15, 0.2) is 0 Å². The first-order valence-electron chi connectivity index (χ1n) is 10.6. The van der Waals surface area contributed by atoms with Crippen LogP contribution in [0.5, 0.6) is 5.75 Å². The van der Waals surface area contributed by atoms with E-state index >= 15 is 0 Å².